The Labute approximate surface area is 299 Å². The molecule has 4 aromatic heterocycles. The lowest BCUT2D eigenvalue weighted by atomic mass is 10.00. The number of aromatic nitrogens is 3. The standard InChI is InChI=1S/C45H25N3OS2/c1-2-11-26(12-3-1)43-46-44(33-18-10-22-39-40(33)32-14-5-7-21-38(32)50-39)48-45(47-43)34-19-9-16-30-35-25-27(23-24-36(35)49-41(30)34)28-15-8-17-31-29-13-4-6-20-37(29)51-42(28)31/h1-25H. The van der Waals surface area contributed by atoms with Crippen LogP contribution in [0.4, 0.5) is 0 Å². The molecule has 51 heavy (non-hydrogen) atoms. The minimum absolute atomic E-state index is 0.579. The Morgan fingerprint density at radius 1 is 0.392 bits per heavy atom. The van der Waals surface area contributed by atoms with Crippen LogP contribution in [0.2, 0.25) is 0 Å². The van der Waals surface area contributed by atoms with Crippen LogP contribution in [0.1, 0.15) is 0 Å². The number of hydrogen-bond acceptors (Lipinski definition) is 6. The number of thiophene rings is 2. The van der Waals surface area contributed by atoms with Crippen molar-refractivity contribution in [3.05, 3.63) is 152 Å². The summed E-state index contributed by atoms with van der Waals surface area (Å²) in [5.41, 5.74) is 6.74. The van der Waals surface area contributed by atoms with Gasteiger partial charge in [-0.3, -0.25) is 0 Å². The molecule has 0 aliphatic carbocycles. The van der Waals surface area contributed by atoms with Gasteiger partial charge in [-0.1, -0.05) is 115 Å². The van der Waals surface area contributed by atoms with Gasteiger partial charge in [-0.05, 0) is 47.5 Å². The molecule has 0 fully saturated rings. The van der Waals surface area contributed by atoms with E-state index in [0.717, 1.165) is 49.6 Å². The molecule has 0 N–H and O–H groups in total. The van der Waals surface area contributed by atoms with Crippen LogP contribution in [0.25, 0.3) is 108 Å². The second kappa shape index (κ2) is 11.2. The lowest BCUT2D eigenvalue weighted by Gasteiger charge is -2.10. The molecule has 0 bridgehead atoms. The van der Waals surface area contributed by atoms with Gasteiger partial charge in [0, 0.05) is 62.2 Å². The molecule has 0 aliphatic heterocycles. The highest BCUT2D eigenvalue weighted by atomic mass is 32.1. The van der Waals surface area contributed by atoms with Crippen LogP contribution >= 0.6 is 22.7 Å². The first kappa shape index (κ1) is 28.6. The van der Waals surface area contributed by atoms with Crippen LogP contribution in [0.5, 0.6) is 0 Å². The molecule has 238 valence electrons. The highest BCUT2D eigenvalue weighted by Gasteiger charge is 2.20. The monoisotopic (exact) mass is 687 g/mol. The number of para-hydroxylation sites is 1. The van der Waals surface area contributed by atoms with Gasteiger partial charge < -0.3 is 4.42 Å². The van der Waals surface area contributed by atoms with Crippen LogP contribution in [-0.2, 0) is 0 Å². The smallest absolute Gasteiger partial charge is 0.167 e. The molecule has 4 nitrogen and oxygen atoms in total. The largest absolute Gasteiger partial charge is 0.455 e. The maximum Gasteiger partial charge on any atom is 0.167 e. The van der Waals surface area contributed by atoms with Crippen molar-refractivity contribution in [1.82, 2.24) is 15.0 Å². The van der Waals surface area contributed by atoms with Gasteiger partial charge in [-0.15, -0.1) is 22.7 Å². The minimum atomic E-state index is 0.579. The van der Waals surface area contributed by atoms with Gasteiger partial charge in [-0.25, -0.2) is 15.0 Å². The van der Waals surface area contributed by atoms with E-state index in [4.69, 9.17) is 19.4 Å². The third kappa shape index (κ3) is 4.47. The Bertz CT molecular complexity index is 3160. The maximum absolute atomic E-state index is 6.67. The van der Waals surface area contributed by atoms with Crippen molar-refractivity contribution in [2.45, 2.75) is 0 Å². The minimum Gasteiger partial charge on any atom is -0.455 e. The summed E-state index contributed by atoms with van der Waals surface area (Å²) in [6.45, 7) is 0. The van der Waals surface area contributed by atoms with Crippen molar-refractivity contribution in [3.63, 3.8) is 0 Å². The lowest BCUT2D eigenvalue weighted by molar-refractivity contribution is 0.669. The molecule has 0 amide bonds. The number of nitrogens with zero attached hydrogens (tertiary/aromatic N) is 3. The quantitative estimate of drug-likeness (QED) is 0.185. The van der Waals surface area contributed by atoms with E-state index >= 15 is 0 Å². The molecule has 0 spiro atoms. The van der Waals surface area contributed by atoms with Gasteiger partial charge in [0.2, 0.25) is 0 Å². The zero-order valence-electron chi connectivity index (χ0n) is 27.0. The lowest BCUT2D eigenvalue weighted by Crippen LogP contribution is -2.00. The van der Waals surface area contributed by atoms with E-state index in [1.165, 1.54) is 40.5 Å². The molecular weight excluding hydrogens is 663 g/mol. The Balaban J connectivity index is 1.12. The number of benzene rings is 7. The van der Waals surface area contributed by atoms with E-state index in [1.54, 1.807) is 11.3 Å². The molecule has 7 aromatic carbocycles. The summed E-state index contributed by atoms with van der Waals surface area (Å²) in [6, 6.07) is 53.1. The van der Waals surface area contributed by atoms with Crippen LogP contribution in [0.3, 0.4) is 0 Å². The average Bonchev–Trinajstić information content (AvgIpc) is 3.89. The van der Waals surface area contributed by atoms with Crippen molar-refractivity contribution >= 4 is 85.0 Å². The zero-order valence-corrected chi connectivity index (χ0v) is 28.6. The number of furan rings is 1. The molecule has 0 saturated carbocycles. The van der Waals surface area contributed by atoms with Gasteiger partial charge in [0.15, 0.2) is 17.5 Å². The molecule has 0 aliphatic rings. The second-order valence-electron chi connectivity index (χ2n) is 12.7. The Morgan fingerprint density at radius 3 is 1.88 bits per heavy atom. The van der Waals surface area contributed by atoms with Gasteiger partial charge in [0.05, 0.1) is 5.56 Å². The Hall–Kier alpha value is -6.21. The van der Waals surface area contributed by atoms with Gasteiger partial charge >= 0.3 is 0 Å². The van der Waals surface area contributed by atoms with Crippen LogP contribution in [-0.4, -0.2) is 15.0 Å². The van der Waals surface area contributed by atoms with E-state index in [-0.39, 0.29) is 0 Å². The molecule has 11 aromatic rings. The summed E-state index contributed by atoms with van der Waals surface area (Å²) in [7, 11) is 0. The summed E-state index contributed by atoms with van der Waals surface area (Å²) >= 11 is 3.64. The van der Waals surface area contributed by atoms with Crippen molar-refractivity contribution in [2.75, 3.05) is 0 Å². The van der Waals surface area contributed by atoms with Crippen molar-refractivity contribution in [2.24, 2.45) is 0 Å². The Kier molecular flexibility index (Phi) is 6.26. The van der Waals surface area contributed by atoms with E-state index in [9.17, 15) is 0 Å². The SMILES string of the molecule is c1ccc(-c2nc(-c3cccc4c3oc3ccc(-c5cccc6c5sc5ccccc56)cc34)nc(-c3cccc4sc5ccccc5c34)n2)cc1. The first-order valence-corrected chi connectivity index (χ1v) is 18.5. The predicted octanol–water partition coefficient (Wildman–Crippen LogP) is 13.2. The molecule has 0 unspecified atom stereocenters. The van der Waals surface area contributed by atoms with E-state index in [0.29, 0.717) is 17.5 Å². The van der Waals surface area contributed by atoms with Gasteiger partial charge in [0.25, 0.3) is 0 Å². The van der Waals surface area contributed by atoms with Gasteiger partial charge in [-0.2, -0.15) is 0 Å². The van der Waals surface area contributed by atoms with Crippen molar-refractivity contribution in [1.29, 1.82) is 0 Å². The maximum atomic E-state index is 6.67. The van der Waals surface area contributed by atoms with Crippen molar-refractivity contribution in [3.8, 4) is 45.3 Å². The summed E-state index contributed by atoms with van der Waals surface area (Å²) in [4.78, 5) is 15.4. The summed E-state index contributed by atoms with van der Waals surface area (Å²) in [5, 5.41) is 7.05. The molecule has 6 heteroatoms. The topological polar surface area (TPSA) is 51.8 Å². The molecule has 0 saturated heterocycles. The normalized spacial score (nSPS) is 11.9. The summed E-state index contributed by atoms with van der Waals surface area (Å²) in [6.07, 6.45) is 0. The number of fused-ring (bicyclic) bond motifs is 9. The van der Waals surface area contributed by atoms with Crippen LogP contribution < -0.4 is 0 Å². The fourth-order valence-corrected chi connectivity index (χ4v) is 9.78. The fraction of sp³-hybridized carbons (Fsp3) is 0. The Morgan fingerprint density at radius 2 is 1.02 bits per heavy atom. The first-order valence-electron chi connectivity index (χ1n) is 16.9. The van der Waals surface area contributed by atoms with Crippen LogP contribution in [0, 0.1) is 0 Å². The highest BCUT2D eigenvalue weighted by Crippen LogP contribution is 2.43. The predicted molar refractivity (Wildman–Crippen MR) is 215 cm³/mol. The zero-order chi connectivity index (χ0) is 33.5. The fourth-order valence-electron chi connectivity index (χ4n) is 7.41. The van der Waals surface area contributed by atoms with Gasteiger partial charge in [0.1, 0.15) is 11.2 Å². The second-order valence-corrected chi connectivity index (χ2v) is 14.9. The summed E-state index contributed by atoms with van der Waals surface area (Å²) < 4.78 is 11.7. The third-order valence-corrected chi connectivity index (χ3v) is 12.1. The van der Waals surface area contributed by atoms with Crippen molar-refractivity contribution < 1.29 is 4.42 Å². The first-order chi connectivity index (χ1) is 25.3. The average molecular weight is 688 g/mol. The molecule has 4 heterocycles. The molecular formula is C45H25N3OS2. The van der Waals surface area contributed by atoms with E-state index < -0.39 is 0 Å². The number of hydrogen-bond donors (Lipinski definition) is 0. The van der Waals surface area contributed by atoms with E-state index in [1.807, 2.05) is 41.7 Å². The highest BCUT2D eigenvalue weighted by molar-refractivity contribution is 7.26. The molecule has 0 atom stereocenters. The van der Waals surface area contributed by atoms with E-state index in [2.05, 4.69) is 121 Å². The molecule has 11 rings (SSSR count). The number of rotatable bonds is 4. The van der Waals surface area contributed by atoms with Crippen LogP contribution in [0.15, 0.2) is 156 Å². The molecule has 0 radical (unpaired) electrons. The third-order valence-electron chi connectivity index (χ3n) is 9.76. The summed E-state index contributed by atoms with van der Waals surface area (Å²) in [5.74, 6) is 1.84.